The van der Waals surface area contributed by atoms with Gasteiger partial charge < -0.3 is 10.5 Å². The second-order valence-electron chi connectivity index (χ2n) is 6.02. The average molecular weight is 311 g/mol. The first-order chi connectivity index (χ1) is 11.3. The van der Waals surface area contributed by atoms with Gasteiger partial charge in [0, 0.05) is 45.0 Å². The molecule has 1 fully saturated rings. The molecule has 122 valence electrons. The lowest BCUT2D eigenvalue weighted by atomic mass is 10.2. The maximum Gasteiger partial charge on any atom is 0.119 e. The molecule has 2 N–H and O–H groups in total. The van der Waals surface area contributed by atoms with Crippen LogP contribution in [0.5, 0.6) is 5.75 Å². The summed E-state index contributed by atoms with van der Waals surface area (Å²) in [7, 11) is 0. The Morgan fingerprint density at radius 2 is 1.61 bits per heavy atom. The fraction of sp³-hybridized carbons (Fsp3) is 0.368. The third kappa shape index (κ3) is 4.98. The highest BCUT2D eigenvalue weighted by Gasteiger charge is 2.16. The number of piperazine rings is 1. The van der Waals surface area contributed by atoms with Gasteiger partial charge >= 0.3 is 0 Å². The predicted molar refractivity (Wildman–Crippen MR) is 94.5 cm³/mol. The van der Waals surface area contributed by atoms with Crippen molar-refractivity contribution in [3.63, 3.8) is 0 Å². The molecule has 0 aromatic heterocycles. The van der Waals surface area contributed by atoms with Gasteiger partial charge in [-0.05, 0) is 29.8 Å². The molecule has 3 rings (SSSR count). The van der Waals surface area contributed by atoms with Crippen LogP contribution in [0.1, 0.15) is 5.56 Å². The average Bonchev–Trinajstić information content (AvgIpc) is 2.58. The summed E-state index contributed by atoms with van der Waals surface area (Å²) in [5.74, 6) is 0.952. The van der Waals surface area contributed by atoms with E-state index in [9.17, 15) is 0 Å². The predicted octanol–water partition coefficient (Wildman–Crippen LogP) is 2.47. The van der Waals surface area contributed by atoms with Crippen LogP contribution in [0.25, 0.3) is 0 Å². The van der Waals surface area contributed by atoms with Gasteiger partial charge in [0.25, 0.3) is 0 Å². The van der Waals surface area contributed by atoms with Crippen molar-refractivity contribution >= 4 is 5.69 Å². The Bertz CT molecular complexity index is 595. The molecular weight excluding hydrogens is 286 g/mol. The van der Waals surface area contributed by atoms with Gasteiger partial charge in [0.15, 0.2) is 0 Å². The lowest BCUT2D eigenvalue weighted by Crippen LogP contribution is -2.47. The normalized spacial score (nSPS) is 16.3. The number of para-hydroxylation sites is 1. The highest BCUT2D eigenvalue weighted by molar-refractivity contribution is 5.40. The zero-order valence-corrected chi connectivity index (χ0v) is 13.5. The van der Waals surface area contributed by atoms with Crippen molar-refractivity contribution < 1.29 is 4.74 Å². The molecule has 0 saturated carbocycles. The van der Waals surface area contributed by atoms with Gasteiger partial charge in [-0.25, -0.2) is 0 Å². The van der Waals surface area contributed by atoms with Gasteiger partial charge in [-0.2, -0.15) is 0 Å². The Kier molecular flexibility index (Phi) is 5.51. The first kappa shape index (κ1) is 15.8. The Hall–Kier alpha value is -2.04. The van der Waals surface area contributed by atoms with Gasteiger partial charge in [-0.3, -0.25) is 9.80 Å². The quantitative estimate of drug-likeness (QED) is 0.832. The van der Waals surface area contributed by atoms with Crippen LogP contribution in [-0.2, 0) is 6.54 Å². The number of hydrogen-bond acceptors (Lipinski definition) is 4. The lowest BCUT2D eigenvalue weighted by molar-refractivity contribution is 0.112. The standard InChI is InChI=1S/C19H25N3O/c20-18-6-4-5-17(15-18)16-22-11-9-21(10-12-22)13-14-23-19-7-2-1-3-8-19/h1-8,15H,9-14,16,20H2. The molecule has 1 aliphatic heterocycles. The van der Waals surface area contributed by atoms with Crippen molar-refractivity contribution in [2.24, 2.45) is 0 Å². The summed E-state index contributed by atoms with van der Waals surface area (Å²) in [6.45, 7) is 7.11. The summed E-state index contributed by atoms with van der Waals surface area (Å²) in [5, 5.41) is 0. The maximum atomic E-state index is 5.85. The van der Waals surface area contributed by atoms with Crippen LogP contribution >= 0.6 is 0 Å². The molecule has 4 heteroatoms. The van der Waals surface area contributed by atoms with E-state index >= 15 is 0 Å². The lowest BCUT2D eigenvalue weighted by Gasteiger charge is -2.34. The summed E-state index contributed by atoms with van der Waals surface area (Å²) in [6.07, 6.45) is 0. The van der Waals surface area contributed by atoms with Crippen molar-refractivity contribution in [1.29, 1.82) is 0 Å². The molecule has 4 nitrogen and oxygen atoms in total. The molecule has 0 spiro atoms. The molecule has 1 saturated heterocycles. The van der Waals surface area contributed by atoms with Crippen molar-refractivity contribution in [1.82, 2.24) is 9.80 Å². The Morgan fingerprint density at radius 3 is 2.35 bits per heavy atom. The minimum Gasteiger partial charge on any atom is -0.492 e. The molecule has 1 aliphatic rings. The van der Waals surface area contributed by atoms with Crippen LogP contribution in [0.2, 0.25) is 0 Å². The minimum absolute atomic E-state index is 0.749. The zero-order chi connectivity index (χ0) is 15.9. The van der Waals surface area contributed by atoms with Crippen LogP contribution in [0, 0.1) is 0 Å². The fourth-order valence-electron chi connectivity index (χ4n) is 2.93. The van der Waals surface area contributed by atoms with Gasteiger partial charge in [-0.15, -0.1) is 0 Å². The molecule has 0 atom stereocenters. The van der Waals surface area contributed by atoms with Crippen LogP contribution in [0.15, 0.2) is 54.6 Å². The number of benzene rings is 2. The van der Waals surface area contributed by atoms with E-state index in [1.54, 1.807) is 0 Å². The highest BCUT2D eigenvalue weighted by Crippen LogP contribution is 2.12. The highest BCUT2D eigenvalue weighted by atomic mass is 16.5. The van der Waals surface area contributed by atoms with E-state index in [0.29, 0.717) is 0 Å². The third-order valence-corrected chi connectivity index (χ3v) is 4.24. The zero-order valence-electron chi connectivity index (χ0n) is 13.5. The number of ether oxygens (including phenoxy) is 1. The van der Waals surface area contributed by atoms with Gasteiger partial charge in [0.05, 0.1) is 0 Å². The van der Waals surface area contributed by atoms with E-state index in [1.807, 2.05) is 42.5 Å². The van der Waals surface area contributed by atoms with Gasteiger partial charge in [-0.1, -0.05) is 30.3 Å². The number of nitrogens with two attached hydrogens (primary N) is 1. The molecule has 2 aromatic rings. The number of nitrogens with zero attached hydrogens (tertiary/aromatic N) is 2. The number of nitrogen functional groups attached to an aromatic ring is 1. The monoisotopic (exact) mass is 311 g/mol. The van der Waals surface area contributed by atoms with E-state index < -0.39 is 0 Å². The van der Waals surface area contributed by atoms with Crippen molar-refractivity contribution in [3.8, 4) is 5.75 Å². The summed E-state index contributed by atoms with van der Waals surface area (Å²) in [6, 6.07) is 18.2. The Morgan fingerprint density at radius 1 is 0.870 bits per heavy atom. The minimum atomic E-state index is 0.749. The smallest absolute Gasteiger partial charge is 0.119 e. The first-order valence-electron chi connectivity index (χ1n) is 8.26. The van der Waals surface area contributed by atoms with E-state index in [4.69, 9.17) is 10.5 Å². The van der Waals surface area contributed by atoms with E-state index in [1.165, 1.54) is 5.56 Å². The third-order valence-electron chi connectivity index (χ3n) is 4.24. The SMILES string of the molecule is Nc1cccc(CN2CCN(CCOc3ccccc3)CC2)c1. The fourth-order valence-corrected chi connectivity index (χ4v) is 2.93. The van der Waals surface area contributed by atoms with Crippen molar-refractivity contribution in [2.75, 3.05) is 45.1 Å². The van der Waals surface area contributed by atoms with Gasteiger partial charge in [0.2, 0.25) is 0 Å². The topological polar surface area (TPSA) is 41.7 Å². The molecule has 1 heterocycles. The van der Waals surface area contributed by atoms with Crippen LogP contribution in [-0.4, -0.2) is 49.1 Å². The molecule has 0 radical (unpaired) electrons. The summed E-state index contributed by atoms with van der Waals surface area (Å²) < 4.78 is 5.78. The van der Waals surface area contributed by atoms with E-state index in [2.05, 4.69) is 21.9 Å². The molecule has 23 heavy (non-hydrogen) atoms. The first-order valence-corrected chi connectivity index (χ1v) is 8.26. The van der Waals surface area contributed by atoms with E-state index in [-0.39, 0.29) is 0 Å². The molecule has 0 amide bonds. The summed E-state index contributed by atoms with van der Waals surface area (Å²) in [5.41, 5.74) is 7.99. The maximum absolute atomic E-state index is 5.85. The van der Waals surface area contributed by atoms with Crippen LogP contribution in [0.4, 0.5) is 5.69 Å². The molecular formula is C19H25N3O. The number of anilines is 1. The number of hydrogen-bond donors (Lipinski definition) is 1. The molecule has 0 bridgehead atoms. The molecule has 2 aromatic carbocycles. The molecule has 0 aliphatic carbocycles. The van der Waals surface area contributed by atoms with E-state index in [0.717, 1.165) is 57.3 Å². The summed E-state index contributed by atoms with van der Waals surface area (Å²) >= 11 is 0. The largest absolute Gasteiger partial charge is 0.492 e. The van der Waals surface area contributed by atoms with Crippen molar-refractivity contribution in [2.45, 2.75) is 6.54 Å². The van der Waals surface area contributed by atoms with Crippen LogP contribution in [0.3, 0.4) is 0 Å². The second kappa shape index (κ2) is 7.99. The number of rotatable bonds is 6. The van der Waals surface area contributed by atoms with Gasteiger partial charge in [0.1, 0.15) is 12.4 Å². The Balaban J connectivity index is 1.37. The van der Waals surface area contributed by atoms with Crippen molar-refractivity contribution in [3.05, 3.63) is 60.2 Å². The molecule has 0 unspecified atom stereocenters. The Labute approximate surface area is 138 Å². The second-order valence-corrected chi connectivity index (χ2v) is 6.02. The van der Waals surface area contributed by atoms with Crippen LogP contribution < -0.4 is 10.5 Å². The summed E-state index contributed by atoms with van der Waals surface area (Å²) in [4.78, 5) is 4.96.